The Labute approximate surface area is 126 Å². The second kappa shape index (κ2) is 7.78. The lowest BCUT2D eigenvalue weighted by Gasteiger charge is -2.30. The van der Waals surface area contributed by atoms with E-state index in [0.717, 1.165) is 5.56 Å². The molecule has 0 saturated heterocycles. The first-order valence-corrected chi connectivity index (χ1v) is 7.09. The third kappa shape index (κ3) is 5.19. The number of carbonyl (C=O) groups excluding carboxylic acids is 1. The standard InChI is InChI=1S/C16H24N2O3/c1-12(2)18(10-14-8-6-5-7-9-14)15(19)11-17(4)13(3)16(20)21/h5-9,12-13H,10-11H2,1-4H3,(H,20,21). The van der Waals surface area contributed by atoms with Gasteiger partial charge in [-0.3, -0.25) is 14.5 Å². The molecule has 0 aliphatic heterocycles. The maximum atomic E-state index is 12.4. The first-order valence-electron chi connectivity index (χ1n) is 7.09. The third-order valence-electron chi connectivity index (χ3n) is 3.54. The predicted octanol–water partition coefficient (Wildman–Crippen LogP) is 1.83. The number of amides is 1. The molecule has 0 radical (unpaired) electrons. The van der Waals surface area contributed by atoms with Crippen LogP contribution < -0.4 is 0 Å². The van der Waals surface area contributed by atoms with Crippen molar-refractivity contribution in [1.29, 1.82) is 0 Å². The molecular formula is C16H24N2O3. The number of hydrogen-bond donors (Lipinski definition) is 1. The van der Waals surface area contributed by atoms with Crippen molar-refractivity contribution in [3.8, 4) is 0 Å². The summed E-state index contributed by atoms with van der Waals surface area (Å²) in [7, 11) is 1.65. The van der Waals surface area contributed by atoms with E-state index < -0.39 is 12.0 Å². The van der Waals surface area contributed by atoms with Crippen molar-refractivity contribution in [2.75, 3.05) is 13.6 Å². The van der Waals surface area contributed by atoms with E-state index in [1.165, 1.54) is 0 Å². The maximum absolute atomic E-state index is 12.4. The number of aliphatic carboxylic acids is 1. The highest BCUT2D eigenvalue weighted by atomic mass is 16.4. The van der Waals surface area contributed by atoms with Gasteiger partial charge in [0.2, 0.25) is 5.91 Å². The van der Waals surface area contributed by atoms with Gasteiger partial charge in [-0.15, -0.1) is 0 Å². The Kier molecular flexibility index (Phi) is 6.37. The molecule has 5 heteroatoms. The summed E-state index contributed by atoms with van der Waals surface area (Å²) in [4.78, 5) is 26.7. The summed E-state index contributed by atoms with van der Waals surface area (Å²) >= 11 is 0. The minimum Gasteiger partial charge on any atom is -0.480 e. The predicted molar refractivity (Wildman–Crippen MR) is 81.9 cm³/mol. The topological polar surface area (TPSA) is 60.9 Å². The molecule has 0 saturated carbocycles. The number of carboxylic acids is 1. The molecule has 1 aromatic rings. The molecular weight excluding hydrogens is 268 g/mol. The minimum atomic E-state index is -0.926. The van der Waals surface area contributed by atoms with Crippen LogP contribution in [-0.2, 0) is 16.1 Å². The molecule has 0 aliphatic rings. The van der Waals surface area contributed by atoms with Crippen LogP contribution in [-0.4, -0.2) is 52.5 Å². The van der Waals surface area contributed by atoms with Crippen molar-refractivity contribution in [1.82, 2.24) is 9.80 Å². The van der Waals surface area contributed by atoms with Gasteiger partial charge in [-0.1, -0.05) is 30.3 Å². The lowest BCUT2D eigenvalue weighted by molar-refractivity contribution is -0.143. The van der Waals surface area contributed by atoms with Crippen LogP contribution in [0.4, 0.5) is 0 Å². The van der Waals surface area contributed by atoms with Gasteiger partial charge in [0.1, 0.15) is 6.04 Å². The number of carboxylic acid groups (broad SMARTS) is 1. The van der Waals surface area contributed by atoms with Gasteiger partial charge in [0.05, 0.1) is 6.54 Å². The Bertz CT molecular complexity index is 474. The monoisotopic (exact) mass is 292 g/mol. The van der Waals surface area contributed by atoms with E-state index in [1.54, 1.807) is 23.8 Å². The summed E-state index contributed by atoms with van der Waals surface area (Å²) in [6, 6.07) is 9.16. The molecule has 0 bridgehead atoms. The van der Waals surface area contributed by atoms with Gasteiger partial charge in [0, 0.05) is 12.6 Å². The van der Waals surface area contributed by atoms with Crippen molar-refractivity contribution in [2.45, 2.75) is 39.4 Å². The fourth-order valence-electron chi connectivity index (χ4n) is 1.97. The zero-order valence-corrected chi connectivity index (χ0v) is 13.1. The minimum absolute atomic E-state index is 0.0613. The summed E-state index contributed by atoms with van der Waals surface area (Å²) < 4.78 is 0. The van der Waals surface area contributed by atoms with Crippen LogP contribution in [0, 0.1) is 0 Å². The summed E-state index contributed by atoms with van der Waals surface area (Å²) in [5, 5.41) is 8.98. The number of hydrogen-bond acceptors (Lipinski definition) is 3. The molecule has 1 N–H and O–H groups in total. The van der Waals surface area contributed by atoms with E-state index in [2.05, 4.69) is 0 Å². The Morgan fingerprint density at radius 2 is 1.71 bits per heavy atom. The molecule has 21 heavy (non-hydrogen) atoms. The summed E-state index contributed by atoms with van der Waals surface area (Å²) in [6.07, 6.45) is 0. The fraction of sp³-hybridized carbons (Fsp3) is 0.500. The van der Waals surface area contributed by atoms with Crippen LogP contribution in [0.1, 0.15) is 26.3 Å². The Balaban J connectivity index is 2.72. The number of carbonyl (C=O) groups is 2. The third-order valence-corrected chi connectivity index (χ3v) is 3.54. The van der Waals surface area contributed by atoms with Crippen LogP contribution in [0.3, 0.4) is 0 Å². The normalized spacial score (nSPS) is 12.5. The van der Waals surface area contributed by atoms with Crippen LogP contribution in [0.25, 0.3) is 0 Å². The van der Waals surface area contributed by atoms with Gasteiger partial charge in [-0.25, -0.2) is 0 Å². The lowest BCUT2D eigenvalue weighted by Crippen LogP contribution is -2.46. The first kappa shape index (κ1) is 17.2. The molecule has 1 rings (SSSR count). The average Bonchev–Trinajstić information content (AvgIpc) is 2.44. The molecule has 0 aliphatic carbocycles. The van der Waals surface area contributed by atoms with Gasteiger partial charge < -0.3 is 10.0 Å². The number of benzene rings is 1. The smallest absolute Gasteiger partial charge is 0.320 e. The van der Waals surface area contributed by atoms with Crippen molar-refractivity contribution >= 4 is 11.9 Å². The van der Waals surface area contributed by atoms with Crippen LogP contribution in [0.15, 0.2) is 30.3 Å². The van der Waals surface area contributed by atoms with E-state index >= 15 is 0 Å². The SMILES string of the molecule is CC(C(=O)O)N(C)CC(=O)N(Cc1ccccc1)C(C)C. The number of nitrogens with zero attached hydrogens (tertiary/aromatic N) is 2. The first-order chi connectivity index (χ1) is 9.82. The zero-order valence-electron chi connectivity index (χ0n) is 13.1. The second-order valence-electron chi connectivity index (χ2n) is 5.53. The quantitative estimate of drug-likeness (QED) is 0.833. The van der Waals surface area contributed by atoms with Crippen LogP contribution >= 0.6 is 0 Å². The fourth-order valence-corrected chi connectivity index (χ4v) is 1.97. The lowest BCUT2D eigenvalue weighted by atomic mass is 10.2. The van der Waals surface area contributed by atoms with Gasteiger partial charge in [-0.05, 0) is 33.4 Å². The molecule has 116 valence electrons. The van der Waals surface area contributed by atoms with Crippen LogP contribution in [0.2, 0.25) is 0 Å². The van der Waals surface area contributed by atoms with E-state index in [9.17, 15) is 9.59 Å². The van der Waals surface area contributed by atoms with E-state index in [0.29, 0.717) is 6.54 Å². The maximum Gasteiger partial charge on any atom is 0.320 e. The molecule has 1 amide bonds. The van der Waals surface area contributed by atoms with Gasteiger partial charge in [0.25, 0.3) is 0 Å². The molecule has 0 heterocycles. The van der Waals surface area contributed by atoms with Crippen molar-refractivity contribution in [2.24, 2.45) is 0 Å². The van der Waals surface area contributed by atoms with Gasteiger partial charge in [-0.2, -0.15) is 0 Å². The summed E-state index contributed by atoms with van der Waals surface area (Å²) in [5.41, 5.74) is 1.06. The number of likely N-dealkylation sites (N-methyl/N-ethyl adjacent to an activating group) is 1. The van der Waals surface area contributed by atoms with Crippen molar-refractivity contribution < 1.29 is 14.7 Å². The Hall–Kier alpha value is -1.88. The van der Waals surface area contributed by atoms with Crippen molar-refractivity contribution in [3.05, 3.63) is 35.9 Å². The van der Waals surface area contributed by atoms with Crippen LogP contribution in [0.5, 0.6) is 0 Å². The largest absolute Gasteiger partial charge is 0.480 e. The van der Waals surface area contributed by atoms with E-state index in [4.69, 9.17) is 5.11 Å². The molecule has 1 atom stereocenters. The molecule has 5 nitrogen and oxygen atoms in total. The molecule has 0 spiro atoms. The highest BCUT2D eigenvalue weighted by Crippen LogP contribution is 2.09. The highest BCUT2D eigenvalue weighted by Gasteiger charge is 2.23. The highest BCUT2D eigenvalue weighted by molar-refractivity contribution is 5.80. The second-order valence-corrected chi connectivity index (χ2v) is 5.53. The average molecular weight is 292 g/mol. The summed E-state index contributed by atoms with van der Waals surface area (Å²) in [6.45, 7) is 6.13. The zero-order chi connectivity index (χ0) is 16.0. The summed E-state index contributed by atoms with van der Waals surface area (Å²) in [5.74, 6) is -0.992. The Morgan fingerprint density at radius 3 is 2.19 bits per heavy atom. The van der Waals surface area contributed by atoms with Gasteiger partial charge >= 0.3 is 5.97 Å². The molecule has 0 aromatic heterocycles. The molecule has 1 aromatic carbocycles. The van der Waals surface area contributed by atoms with E-state index in [1.807, 2.05) is 44.2 Å². The van der Waals surface area contributed by atoms with Crippen molar-refractivity contribution in [3.63, 3.8) is 0 Å². The van der Waals surface area contributed by atoms with Gasteiger partial charge in [0.15, 0.2) is 0 Å². The molecule has 0 fully saturated rings. The number of rotatable bonds is 7. The molecule has 1 unspecified atom stereocenters. The van der Waals surface area contributed by atoms with E-state index in [-0.39, 0.29) is 18.5 Å². The Morgan fingerprint density at radius 1 is 1.14 bits per heavy atom.